The maximum absolute atomic E-state index is 12.3. The fraction of sp³-hybridized carbons (Fsp3) is 0.938. The summed E-state index contributed by atoms with van der Waals surface area (Å²) in [7, 11) is 0. The molecule has 0 aromatic carbocycles. The van der Waals surface area contributed by atoms with Crippen LogP contribution in [0.25, 0.3) is 0 Å². The number of rotatable bonds is 4. The lowest BCUT2D eigenvalue weighted by Gasteiger charge is -2.25. The van der Waals surface area contributed by atoms with E-state index in [0.29, 0.717) is 5.92 Å². The van der Waals surface area contributed by atoms with Gasteiger partial charge >= 0.3 is 0 Å². The molecule has 0 radical (unpaired) electrons. The Kier molecular flexibility index (Phi) is 4.23. The van der Waals surface area contributed by atoms with Gasteiger partial charge in [0.2, 0.25) is 0 Å². The Balaban J connectivity index is 1.50. The van der Waals surface area contributed by atoms with Gasteiger partial charge in [-0.25, -0.2) is 0 Å². The Hall–Kier alpha value is -0.410. The number of ether oxygens (including phenoxy) is 1. The van der Waals surface area contributed by atoms with Gasteiger partial charge in [-0.15, -0.1) is 0 Å². The first-order valence-corrected chi connectivity index (χ1v) is 8.14. The number of Topliss-reactive ketones (excluding diaryl/α,β-unsaturated/α-hetero) is 1. The molecule has 3 rings (SSSR count). The molecule has 3 nitrogen and oxygen atoms in total. The Morgan fingerprint density at radius 2 is 1.53 bits per heavy atom. The largest absolute Gasteiger partial charge is 0.390 e. The Morgan fingerprint density at radius 1 is 0.947 bits per heavy atom. The Labute approximate surface area is 115 Å². The Bertz CT molecular complexity index is 316. The zero-order valence-electron chi connectivity index (χ0n) is 11.7. The van der Waals surface area contributed by atoms with Crippen molar-refractivity contribution in [1.29, 1.82) is 0 Å². The highest BCUT2D eigenvalue weighted by molar-refractivity contribution is 5.88. The summed E-state index contributed by atoms with van der Waals surface area (Å²) in [5.74, 6) is 0.852. The molecule has 2 saturated carbocycles. The topological polar surface area (TPSA) is 49.8 Å². The minimum Gasteiger partial charge on any atom is -0.390 e. The van der Waals surface area contributed by atoms with Crippen LogP contribution in [-0.4, -0.2) is 29.2 Å². The van der Waals surface area contributed by atoms with Crippen molar-refractivity contribution in [2.24, 2.45) is 11.8 Å². The van der Waals surface area contributed by atoms with E-state index in [1.165, 1.54) is 38.5 Å². The summed E-state index contributed by atoms with van der Waals surface area (Å²) in [6, 6.07) is 0. The molecule has 0 amide bonds. The fourth-order valence-electron chi connectivity index (χ4n) is 3.98. The molecule has 0 unspecified atom stereocenters. The van der Waals surface area contributed by atoms with E-state index in [9.17, 15) is 9.90 Å². The first kappa shape index (κ1) is 13.6. The smallest absolute Gasteiger partial charge is 0.167 e. The highest BCUT2D eigenvalue weighted by Crippen LogP contribution is 2.38. The molecule has 0 aromatic rings. The zero-order chi connectivity index (χ0) is 13.2. The molecule has 3 heteroatoms. The van der Waals surface area contributed by atoms with Gasteiger partial charge in [-0.3, -0.25) is 4.79 Å². The standard InChI is InChI=1S/C16H26O3/c17-13(11-7-3-1-4-8-11)15-16(19-15)14(18)12-9-5-2-6-10-12/h11-13,15-17H,1-10H2/t13-,15-,16+/m1/s1. The number of hydrogen-bond donors (Lipinski definition) is 1. The van der Waals surface area contributed by atoms with Crippen LogP contribution in [0.2, 0.25) is 0 Å². The lowest BCUT2D eigenvalue weighted by atomic mass is 9.81. The lowest BCUT2D eigenvalue weighted by Crippen LogP contribution is -2.32. The summed E-state index contributed by atoms with van der Waals surface area (Å²) in [5.41, 5.74) is 0. The van der Waals surface area contributed by atoms with Gasteiger partial charge < -0.3 is 9.84 Å². The Morgan fingerprint density at radius 3 is 2.16 bits per heavy atom. The molecule has 108 valence electrons. The van der Waals surface area contributed by atoms with Gasteiger partial charge in [0, 0.05) is 5.92 Å². The number of carbonyl (C=O) groups is 1. The first-order valence-electron chi connectivity index (χ1n) is 8.14. The molecule has 19 heavy (non-hydrogen) atoms. The van der Waals surface area contributed by atoms with Crippen molar-refractivity contribution in [1.82, 2.24) is 0 Å². The van der Waals surface area contributed by atoms with Gasteiger partial charge in [-0.2, -0.15) is 0 Å². The number of carbonyl (C=O) groups excluding carboxylic acids is 1. The van der Waals surface area contributed by atoms with Crippen LogP contribution in [0.15, 0.2) is 0 Å². The van der Waals surface area contributed by atoms with Crippen molar-refractivity contribution in [2.75, 3.05) is 0 Å². The number of epoxide rings is 1. The van der Waals surface area contributed by atoms with Crippen molar-refractivity contribution in [3.05, 3.63) is 0 Å². The molecular formula is C16H26O3. The molecule has 1 aliphatic heterocycles. The number of aliphatic hydroxyl groups is 1. The normalized spacial score (nSPS) is 35.0. The lowest BCUT2D eigenvalue weighted by molar-refractivity contribution is -0.125. The van der Waals surface area contributed by atoms with Crippen LogP contribution in [0, 0.1) is 11.8 Å². The third-order valence-electron chi connectivity index (χ3n) is 5.28. The fourth-order valence-corrected chi connectivity index (χ4v) is 3.98. The van der Waals surface area contributed by atoms with Crippen LogP contribution >= 0.6 is 0 Å². The minimum atomic E-state index is -0.405. The number of hydrogen-bond acceptors (Lipinski definition) is 3. The van der Waals surface area contributed by atoms with Crippen LogP contribution in [0.5, 0.6) is 0 Å². The summed E-state index contributed by atoms with van der Waals surface area (Å²) >= 11 is 0. The maximum Gasteiger partial charge on any atom is 0.167 e. The van der Waals surface area contributed by atoms with Gasteiger partial charge in [0.05, 0.1) is 6.10 Å². The summed E-state index contributed by atoms with van der Waals surface area (Å²) in [6.07, 6.45) is 10.8. The van der Waals surface area contributed by atoms with Crippen molar-refractivity contribution in [3.63, 3.8) is 0 Å². The molecule has 3 fully saturated rings. The molecule has 1 heterocycles. The third-order valence-corrected chi connectivity index (χ3v) is 5.28. The third kappa shape index (κ3) is 3.03. The van der Waals surface area contributed by atoms with Crippen molar-refractivity contribution in [2.45, 2.75) is 82.5 Å². The van der Waals surface area contributed by atoms with E-state index >= 15 is 0 Å². The summed E-state index contributed by atoms with van der Waals surface area (Å²) in [6.45, 7) is 0. The molecule has 3 atom stereocenters. The van der Waals surface area contributed by atoms with E-state index in [0.717, 1.165) is 25.7 Å². The predicted octanol–water partition coefficient (Wildman–Crippen LogP) is 2.84. The van der Waals surface area contributed by atoms with Crippen LogP contribution in [-0.2, 0) is 9.53 Å². The van der Waals surface area contributed by atoms with Crippen LogP contribution in [0.1, 0.15) is 64.2 Å². The number of aliphatic hydroxyl groups excluding tert-OH is 1. The van der Waals surface area contributed by atoms with Crippen LogP contribution < -0.4 is 0 Å². The van der Waals surface area contributed by atoms with E-state index in [2.05, 4.69) is 0 Å². The molecule has 0 bridgehead atoms. The molecule has 0 aromatic heterocycles. The second kappa shape index (κ2) is 5.92. The summed E-state index contributed by atoms with van der Waals surface area (Å²) in [5, 5.41) is 10.4. The van der Waals surface area contributed by atoms with E-state index in [-0.39, 0.29) is 23.9 Å². The highest BCUT2D eigenvalue weighted by Gasteiger charge is 2.52. The molecule has 1 saturated heterocycles. The van der Waals surface area contributed by atoms with E-state index in [1.54, 1.807) is 0 Å². The van der Waals surface area contributed by atoms with Gasteiger partial charge in [-0.1, -0.05) is 38.5 Å². The zero-order valence-corrected chi connectivity index (χ0v) is 11.7. The molecule has 1 N–H and O–H groups in total. The molecule has 0 spiro atoms. The van der Waals surface area contributed by atoms with Crippen molar-refractivity contribution < 1.29 is 14.6 Å². The second-order valence-corrected chi connectivity index (χ2v) is 6.65. The molecular weight excluding hydrogens is 240 g/mol. The van der Waals surface area contributed by atoms with Gasteiger partial charge in [-0.05, 0) is 31.6 Å². The molecule has 3 aliphatic rings. The van der Waals surface area contributed by atoms with Crippen molar-refractivity contribution >= 4 is 5.78 Å². The van der Waals surface area contributed by atoms with Crippen LogP contribution in [0.4, 0.5) is 0 Å². The van der Waals surface area contributed by atoms with Gasteiger partial charge in [0.1, 0.15) is 12.2 Å². The second-order valence-electron chi connectivity index (χ2n) is 6.65. The van der Waals surface area contributed by atoms with E-state index in [1.807, 2.05) is 0 Å². The van der Waals surface area contributed by atoms with E-state index < -0.39 is 6.10 Å². The monoisotopic (exact) mass is 266 g/mol. The maximum atomic E-state index is 12.3. The number of ketones is 1. The molecule has 2 aliphatic carbocycles. The van der Waals surface area contributed by atoms with Gasteiger partial charge in [0.15, 0.2) is 5.78 Å². The first-order chi connectivity index (χ1) is 9.27. The average molecular weight is 266 g/mol. The summed E-state index contributed by atoms with van der Waals surface area (Å²) in [4.78, 5) is 12.3. The summed E-state index contributed by atoms with van der Waals surface area (Å²) < 4.78 is 5.55. The SMILES string of the molecule is O=C(C1CCCCC1)[C@@H]1O[C@@H]1[C@H](O)C1CCCCC1. The highest BCUT2D eigenvalue weighted by atomic mass is 16.6. The minimum absolute atomic E-state index is 0.183. The average Bonchev–Trinajstić information content (AvgIpc) is 3.28. The predicted molar refractivity (Wildman–Crippen MR) is 72.8 cm³/mol. The van der Waals surface area contributed by atoms with Crippen molar-refractivity contribution in [3.8, 4) is 0 Å². The van der Waals surface area contributed by atoms with Crippen LogP contribution in [0.3, 0.4) is 0 Å². The van der Waals surface area contributed by atoms with Gasteiger partial charge in [0.25, 0.3) is 0 Å². The quantitative estimate of drug-likeness (QED) is 0.796. The van der Waals surface area contributed by atoms with E-state index in [4.69, 9.17) is 4.74 Å².